The van der Waals surface area contributed by atoms with E-state index in [-0.39, 0.29) is 18.5 Å². The standard InChI is InChI=1S/C26H21Cl4FN4O/c27-21-6-4-16(10-23(21)29)15-36-25-7-5-18(31)11-20(25)24-14-35(33-32-24)19-8-9-34(13-19)12-17-2-1-3-22(28)26(17)30/h1-7,10-11,14,19H,8-9,12-13,15H2. The Balaban J connectivity index is 1.29. The van der Waals surface area contributed by atoms with Crippen LogP contribution >= 0.6 is 46.4 Å². The van der Waals surface area contributed by atoms with Crippen LogP contribution in [-0.4, -0.2) is 33.0 Å². The van der Waals surface area contributed by atoms with Gasteiger partial charge in [0.2, 0.25) is 0 Å². The Morgan fingerprint density at radius 2 is 1.83 bits per heavy atom. The van der Waals surface area contributed by atoms with Crippen molar-refractivity contribution in [1.82, 2.24) is 19.9 Å². The highest BCUT2D eigenvalue weighted by atomic mass is 35.5. The van der Waals surface area contributed by atoms with Crippen molar-refractivity contribution in [3.8, 4) is 17.0 Å². The Bertz CT molecular complexity index is 1400. The van der Waals surface area contributed by atoms with E-state index in [1.165, 1.54) is 12.1 Å². The lowest BCUT2D eigenvalue weighted by Crippen LogP contribution is -2.21. The second kappa shape index (κ2) is 11.0. The molecule has 1 aromatic heterocycles. The van der Waals surface area contributed by atoms with E-state index >= 15 is 0 Å². The molecule has 1 aliphatic rings. The molecular formula is C26H21Cl4FN4O. The number of aromatic nitrogens is 3. The average molecular weight is 566 g/mol. The van der Waals surface area contributed by atoms with Gasteiger partial charge in [-0.15, -0.1) is 5.10 Å². The van der Waals surface area contributed by atoms with Crippen LogP contribution in [0.4, 0.5) is 4.39 Å². The van der Waals surface area contributed by atoms with Gasteiger partial charge in [0.05, 0.1) is 32.3 Å². The number of likely N-dealkylation sites (tertiary alicyclic amines) is 1. The first-order valence-corrected chi connectivity index (χ1v) is 12.8. The van der Waals surface area contributed by atoms with Gasteiger partial charge in [0.25, 0.3) is 0 Å². The van der Waals surface area contributed by atoms with Gasteiger partial charge in [-0.3, -0.25) is 4.90 Å². The van der Waals surface area contributed by atoms with Gasteiger partial charge in [0.15, 0.2) is 0 Å². The molecule has 1 atom stereocenters. The molecule has 0 radical (unpaired) electrons. The molecule has 0 N–H and O–H groups in total. The van der Waals surface area contributed by atoms with Crippen LogP contribution < -0.4 is 4.74 Å². The highest BCUT2D eigenvalue weighted by molar-refractivity contribution is 6.42. The molecule has 0 saturated carbocycles. The van der Waals surface area contributed by atoms with Crippen LogP contribution in [0.2, 0.25) is 20.1 Å². The van der Waals surface area contributed by atoms with Crippen molar-refractivity contribution in [2.75, 3.05) is 13.1 Å². The van der Waals surface area contributed by atoms with E-state index in [0.717, 1.165) is 30.6 Å². The maximum Gasteiger partial charge on any atom is 0.129 e. The second-order valence-corrected chi connectivity index (χ2v) is 10.3. The van der Waals surface area contributed by atoms with Crippen LogP contribution in [0.5, 0.6) is 5.75 Å². The van der Waals surface area contributed by atoms with Crippen LogP contribution in [0.1, 0.15) is 23.6 Å². The zero-order valence-electron chi connectivity index (χ0n) is 19.0. The zero-order valence-corrected chi connectivity index (χ0v) is 22.0. The Hall–Kier alpha value is -2.35. The third kappa shape index (κ3) is 5.63. The zero-order chi connectivity index (χ0) is 25.2. The molecule has 0 bridgehead atoms. The van der Waals surface area contributed by atoms with Crippen LogP contribution in [0.15, 0.2) is 60.8 Å². The summed E-state index contributed by atoms with van der Waals surface area (Å²) in [7, 11) is 0. The Morgan fingerprint density at radius 1 is 0.972 bits per heavy atom. The van der Waals surface area contributed by atoms with E-state index in [1.807, 2.05) is 29.1 Å². The molecule has 5 nitrogen and oxygen atoms in total. The van der Waals surface area contributed by atoms with E-state index in [4.69, 9.17) is 51.1 Å². The molecule has 0 aliphatic carbocycles. The lowest BCUT2D eigenvalue weighted by molar-refractivity contribution is 0.307. The van der Waals surface area contributed by atoms with Gasteiger partial charge in [0, 0.05) is 25.2 Å². The highest BCUT2D eigenvalue weighted by Crippen LogP contribution is 2.33. The topological polar surface area (TPSA) is 43.2 Å². The van der Waals surface area contributed by atoms with Crippen molar-refractivity contribution in [2.24, 2.45) is 0 Å². The number of nitrogens with zero attached hydrogens (tertiary/aromatic N) is 4. The summed E-state index contributed by atoms with van der Waals surface area (Å²) in [5.74, 6) is 0.116. The number of hydrogen-bond acceptors (Lipinski definition) is 4. The predicted octanol–water partition coefficient (Wildman–Crippen LogP) is 7.72. The van der Waals surface area contributed by atoms with Crippen molar-refractivity contribution >= 4 is 46.4 Å². The molecule has 2 heterocycles. The molecule has 0 amide bonds. The number of halogens is 5. The van der Waals surface area contributed by atoms with Gasteiger partial charge in [-0.05, 0) is 53.9 Å². The summed E-state index contributed by atoms with van der Waals surface area (Å²) in [5.41, 5.74) is 2.90. The van der Waals surface area contributed by atoms with Gasteiger partial charge < -0.3 is 4.74 Å². The average Bonchev–Trinajstić information content (AvgIpc) is 3.53. The molecular weight excluding hydrogens is 545 g/mol. The lowest BCUT2D eigenvalue weighted by atomic mass is 10.1. The first-order chi connectivity index (χ1) is 17.4. The number of benzene rings is 3. The minimum absolute atomic E-state index is 0.137. The molecule has 0 spiro atoms. The van der Waals surface area contributed by atoms with E-state index in [9.17, 15) is 4.39 Å². The van der Waals surface area contributed by atoms with Crippen LogP contribution in [0.25, 0.3) is 11.3 Å². The summed E-state index contributed by atoms with van der Waals surface area (Å²) >= 11 is 24.6. The van der Waals surface area contributed by atoms with Crippen LogP contribution in [0.3, 0.4) is 0 Å². The van der Waals surface area contributed by atoms with E-state index < -0.39 is 0 Å². The second-order valence-electron chi connectivity index (χ2n) is 8.65. The van der Waals surface area contributed by atoms with Crippen LogP contribution in [-0.2, 0) is 13.2 Å². The minimum Gasteiger partial charge on any atom is -0.488 e. The summed E-state index contributed by atoms with van der Waals surface area (Å²) in [5, 5.41) is 10.7. The first-order valence-electron chi connectivity index (χ1n) is 11.3. The van der Waals surface area contributed by atoms with Crippen molar-refractivity contribution < 1.29 is 9.13 Å². The summed E-state index contributed by atoms with van der Waals surface area (Å²) < 4.78 is 22.0. The normalized spacial score (nSPS) is 16.0. The smallest absolute Gasteiger partial charge is 0.129 e. The van der Waals surface area contributed by atoms with Crippen molar-refractivity contribution in [1.29, 1.82) is 0 Å². The molecule has 1 fully saturated rings. The first kappa shape index (κ1) is 25.3. The predicted molar refractivity (Wildman–Crippen MR) is 142 cm³/mol. The summed E-state index contributed by atoms with van der Waals surface area (Å²) in [6, 6.07) is 15.4. The van der Waals surface area contributed by atoms with Crippen molar-refractivity contribution in [2.45, 2.75) is 25.6 Å². The van der Waals surface area contributed by atoms with E-state index in [2.05, 4.69) is 15.2 Å². The number of rotatable bonds is 7. The molecule has 1 saturated heterocycles. The molecule has 3 aromatic carbocycles. The van der Waals surface area contributed by atoms with E-state index in [0.29, 0.717) is 43.6 Å². The SMILES string of the molecule is Fc1ccc(OCc2ccc(Cl)c(Cl)c2)c(-c2cn(C3CCN(Cc4cccc(Cl)c4Cl)C3)nn2)c1. The Morgan fingerprint density at radius 3 is 2.67 bits per heavy atom. The molecule has 1 aliphatic heterocycles. The van der Waals surface area contributed by atoms with Gasteiger partial charge in [-0.2, -0.15) is 0 Å². The van der Waals surface area contributed by atoms with Crippen LogP contribution in [0, 0.1) is 5.82 Å². The summed E-state index contributed by atoms with van der Waals surface area (Å²) in [4.78, 5) is 2.30. The molecule has 4 aromatic rings. The maximum absolute atomic E-state index is 14.2. The van der Waals surface area contributed by atoms with E-state index in [1.54, 1.807) is 24.3 Å². The lowest BCUT2D eigenvalue weighted by Gasteiger charge is -2.17. The fourth-order valence-electron chi connectivity index (χ4n) is 4.28. The molecule has 36 heavy (non-hydrogen) atoms. The highest BCUT2D eigenvalue weighted by Gasteiger charge is 2.26. The molecule has 1 unspecified atom stereocenters. The van der Waals surface area contributed by atoms with Gasteiger partial charge in [-0.1, -0.05) is 69.8 Å². The molecule has 5 rings (SSSR count). The maximum atomic E-state index is 14.2. The third-order valence-electron chi connectivity index (χ3n) is 6.15. The van der Waals surface area contributed by atoms with Crippen molar-refractivity contribution in [3.05, 3.63) is 97.8 Å². The molecule has 186 valence electrons. The van der Waals surface area contributed by atoms with Crippen molar-refractivity contribution in [3.63, 3.8) is 0 Å². The monoisotopic (exact) mass is 564 g/mol. The van der Waals surface area contributed by atoms with Gasteiger partial charge in [0.1, 0.15) is 23.9 Å². The minimum atomic E-state index is -0.383. The number of ether oxygens (including phenoxy) is 1. The summed E-state index contributed by atoms with van der Waals surface area (Å²) in [6.07, 6.45) is 2.74. The fourth-order valence-corrected chi connectivity index (χ4v) is 4.98. The quantitative estimate of drug-likeness (QED) is 0.230. The number of hydrogen-bond donors (Lipinski definition) is 0. The molecule has 10 heteroatoms. The Labute approximate surface area is 228 Å². The largest absolute Gasteiger partial charge is 0.488 e. The third-order valence-corrected chi connectivity index (χ3v) is 7.75. The van der Waals surface area contributed by atoms with Gasteiger partial charge >= 0.3 is 0 Å². The Kier molecular flexibility index (Phi) is 7.70. The summed E-state index contributed by atoms with van der Waals surface area (Å²) in [6.45, 7) is 2.62. The fraction of sp³-hybridized carbons (Fsp3) is 0.231. The van der Waals surface area contributed by atoms with Gasteiger partial charge in [-0.25, -0.2) is 9.07 Å².